The van der Waals surface area contributed by atoms with Crippen molar-refractivity contribution in [2.24, 2.45) is 0 Å². The van der Waals surface area contributed by atoms with Gasteiger partial charge >= 0.3 is 0 Å². The van der Waals surface area contributed by atoms with Gasteiger partial charge in [0.1, 0.15) is 5.82 Å². The molecule has 0 N–H and O–H groups in total. The Bertz CT molecular complexity index is 1080. The van der Waals surface area contributed by atoms with Crippen molar-refractivity contribution in [3.63, 3.8) is 0 Å². The molecule has 0 atom stereocenters. The third-order valence-electron chi connectivity index (χ3n) is 6.98. The summed E-state index contributed by atoms with van der Waals surface area (Å²) in [6.07, 6.45) is 6.26. The lowest BCUT2D eigenvalue weighted by atomic mass is 9.89. The van der Waals surface area contributed by atoms with Crippen LogP contribution in [-0.4, -0.2) is 53.0 Å². The Balaban J connectivity index is 1.34. The molecule has 0 unspecified atom stereocenters. The molecule has 0 bridgehead atoms. The lowest BCUT2D eigenvalue weighted by molar-refractivity contribution is -0.127. The van der Waals surface area contributed by atoms with Crippen molar-refractivity contribution < 1.29 is 9.18 Å². The predicted octanol–water partition coefficient (Wildman–Crippen LogP) is 4.88. The van der Waals surface area contributed by atoms with Gasteiger partial charge in [0.25, 0.3) is 0 Å². The number of hydrogen-bond acceptors (Lipinski definition) is 2. The van der Waals surface area contributed by atoms with Gasteiger partial charge in [-0.25, -0.2) is 4.39 Å². The molecule has 31 heavy (non-hydrogen) atoms. The molecule has 2 fully saturated rings. The highest BCUT2D eigenvalue weighted by Gasteiger charge is 2.26. The van der Waals surface area contributed by atoms with Gasteiger partial charge in [-0.2, -0.15) is 0 Å². The standard InChI is InChI=1S/C26H30FN3O/c1-19-4-9-25-23(17-19)24(18-30(25)22-7-5-21(27)6-8-22)20-10-13-28(14-11-20)15-16-29-12-2-3-26(29)31/h4-9,17-18,20H,2-3,10-16H2,1H3. The van der Waals surface area contributed by atoms with Crippen LogP contribution < -0.4 is 0 Å². The first-order chi connectivity index (χ1) is 15.1. The molecule has 0 aliphatic carbocycles. The van der Waals surface area contributed by atoms with Crippen LogP contribution in [0.4, 0.5) is 4.39 Å². The molecule has 3 heterocycles. The van der Waals surface area contributed by atoms with Gasteiger partial charge in [-0.1, -0.05) is 11.6 Å². The summed E-state index contributed by atoms with van der Waals surface area (Å²) < 4.78 is 15.7. The predicted molar refractivity (Wildman–Crippen MR) is 122 cm³/mol. The number of rotatable bonds is 5. The normalized spacial score (nSPS) is 18.4. The maximum absolute atomic E-state index is 13.4. The van der Waals surface area contributed by atoms with Crippen molar-refractivity contribution in [2.45, 2.75) is 38.5 Å². The van der Waals surface area contributed by atoms with Gasteiger partial charge in [-0.05, 0) is 87.2 Å². The van der Waals surface area contributed by atoms with Gasteiger partial charge in [0.15, 0.2) is 0 Å². The number of fused-ring (bicyclic) bond motifs is 1. The van der Waals surface area contributed by atoms with Crippen LogP contribution >= 0.6 is 0 Å². The Morgan fingerprint density at radius 1 is 1.00 bits per heavy atom. The van der Waals surface area contributed by atoms with Crippen LogP contribution in [0.25, 0.3) is 16.6 Å². The maximum Gasteiger partial charge on any atom is 0.222 e. The highest BCUT2D eigenvalue weighted by atomic mass is 19.1. The molecule has 3 aromatic rings. The second-order valence-corrected chi connectivity index (χ2v) is 9.05. The SMILES string of the molecule is Cc1ccc2c(c1)c(C1CCN(CCN3CCCC3=O)CC1)cn2-c1ccc(F)cc1. The molecule has 5 heteroatoms. The van der Waals surface area contributed by atoms with E-state index < -0.39 is 0 Å². The zero-order valence-corrected chi connectivity index (χ0v) is 18.2. The van der Waals surface area contributed by atoms with E-state index in [1.165, 1.54) is 34.2 Å². The summed E-state index contributed by atoms with van der Waals surface area (Å²) in [6, 6.07) is 13.4. The fourth-order valence-corrected chi connectivity index (χ4v) is 5.18. The van der Waals surface area contributed by atoms with Crippen LogP contribution in [0.3, 0.4) is 0 Å². The zero-order valence-electron chi connectivity index (χ0n) is 18.2. The highest BCUT2D eigenvalue weighted by molar-refractivity contribution is 5.87. The van der Waals surface area contributed by atoms with Crippen LogP contribution in [0.5, 0.6) is 0 Å². The summed E-state index contributed by atoms with van der Waals surface area (Å²) in [4.78, 5) is 16.4. The molecular formula is C26H30FN3O. The summed E-state index contributed by atoms with van der Waals surface area (Å²) in [7, 11) is 0. The average molecular weight is 420 g/mol. The number of benzene rings is 2. The first-order valence-corrected chi connectivity index (χ1v) is 11.5. The number of halogens is 1. The zero-order chi connectivity index (χ0) is 21.4. The number of piperidine rings is 1. The largest absolute Gasteiger partial charge is 0.341 e. The first kappa shape index (κ1) is 20.3. The maximum atomic E-state index is 13.4. The summed E-state index contributed by atoms with van der Waals surface area (Å²) >= 11 is 0. The number of carbonyl (C=O) groups excluding carboxylic acids is 1. The molecule has 2 aliphatic heterocycles. The van der Waals surface area contributed by atoms with Gasteiger partial charge in [0.2, 0.25) is 5.91 Å². The summed E-state index contributed by atoms with van der Waals surface area (Å²) in [6.45, 7) is 7.06. The van der Waals surface area contributed by atoms with E-state index in [4.69, 9.17) is 0 Å². The van der Waals surface area contributed by atoms with Gasteiger partial charge in [-0.3, -0.25) is 4.79 Å². The van der Waals surface area contributed by atoms with Gasteiger partial charge in [-0.15, -0.1) is 0 Å². The molecule has 0 saturated carbocycles. The molecule has 1 amide bonds. The topological polar surface area (TPSA) is 28.5 Å². The van der Waals surface area contributed by atoms with Gasteiger partial charge in [0, 0.05) is 43.3 Å². The Morgan fingerprint density at radius 2 is 1.77 bits per heavy atom. The molecule has 0 spiro atoms. The number of aromatic nitrogens is 1. The Labute approximate surface area is 183 Å². The second-order valence-electron chi connectivity index (χ2n) is 9.05. The fourth-order valence-electron chi connectivity index (χ4n) is 5.18. The van der Waals surface area contributed by atoms with Crippen LogP contribution in [0.1, 0.15) is 42.7 Å². The minimum atomic E-state index is -0.209. The molecule has 2 aromatic carbocycles. The third-order valence-corrected chi connectivity index (χ3v) is 6.98. The van der Waals surface area contributed by atoms with Gasteiger partial charge < -0.3 is 14.4 Å². The van der Waals surface area contributed by atoms with Crippen molar-refractivity contribution in [1.82, 2.24) is 14.4 Å². The minimum Gasteiger partial charge on any atom is -0.341 e. The number of hydrogen-bond donors (Lipinski definition) is 0. The molecule has 162 valence electrons. The van der Waals surface area contributed by atoms with E-state index in [1.807, 2.05) is 17.0 Å². The Kier molecular flexibility index (Phi) is 5.53. The molecule has 4 nitrogen and oxygen atoms in total. The number of carbonyl (C=O) groups is 1. The first-order valence-electron chi connectivity index (χ1n) is 11.5. The Hall–Kier alpha value is -2.66. The van der Waals surface area contributed by atoms with E-state index in [0.717, 1.165) is 64.1 Å². The summed E-state index contributed by atoms with van der Waals surface area (Å²) in [5, 5.41) is 1.31. The van der Waals surface area contributed by atoms with E-state index in [9.17, 15) is 9.18 Å². The summed E-state index contributed by atoms with van der Waals surface area (Å²) in [5.74, 6) is 0.633. The lowest BCUT2D eigenvalue weighted by Gasteiger charge is -2.33. The Morgan fingerprint density at radius 3 is 2.48 bits per heavy atom. The van der Waals surface area contributed by atoms with E-state index in [0.29, 0.717) is 11.8 Å². The lowest BCUT2D eigenvalue weighted by Crippen LogP contribution is -2.39. The van der Waals surface area contributed by atoms with Crippen molar-refractivity contribution >= 4 is 16.8 Å². The van der Waals surface area contributed by atoms with E-state index in [1.54, 1.807) is 0 Å². The molecule has 0 radical (unpaired) electrons. The molecule has 1 aromatic heterocycles. The van der Waals surface area contributed by atoms with Crippen LogP contribution in [0, 0.1) is 12.7 Å². The van der Waals surface area contributed by atoms with Crippen LogP contribution in [-0.2, 0) is 4.79 Å². The fraction of sp³-hybridized carbons (Fsp3) is 0.423. The average Bonchev–Trinajstić information content (AvgIpc) is 3.36. The number of nitrogens with zero attached hydrogens (tertiary/aromatic N) is 3. The van der Waals surface area contributed by atoms with Crippen LogP contribution in [0.2, 0.25) is 0 Å². The minimum absolute atomic E-state index is 0.209. The quantitative estimate of drug-likeness (QED) is 0.590. The third kappa shape index (κ3) is 4.11. The van der Waals surface area contributed by atoms with Crippen molar-refractivity contribution in [2.75, 3.05) is 32.7 Å². The van der Waals surface area contributed by atoms with Crippen molar-refractivity contribution in [1.29, 1.82) is 0 Å². The number of amides is 1. The molecule has 2 saturated heterocycles. The van der Waals surface area contributed by atoms with Gasteiger partial charge in [0.05, 0.1) is 5.52 Å². The second kappa shape index (κ2) is 8.46. The van der Waals surface area contributed by atoms with E-state index in [2.05, 4.69) is 40.8 Å². The van der Waals surface area contributed by atoms with E-state index in [-0.39, 0.29) is 5.82 Å². The molecular weight excluding hydrogens is 389 g/mol. The molecule has 5 rings (SSSR count). The van der Waals surface area contributed by atoms with Crippen molar-refractivity contribution in [3.8, 4) is 5.69 Å². The number of aryl methyl sites for hydroxylation is 1. The smallest absolute Gasteiger partial charge is 0.222 e. The van der Waals surface area contributed by atoms with Crippen LogP contribution in [0.15, 0.2) is 48.7 Å². The molecule has 2 aliphatic rings. The van der Waals surface area contributed by atoms with E-state index >= 15 is 0 Å². The summed E-state index contributed by atoms with van der Waals surface area (Å²) in [5.41, 5.74) is 4.84. The number of likely N-dealkylation sites (tertiary alicyclic amines) is 2. The monoisotopic (exact) mass is 419 g/mol. The van der Waals surface area contributed by atoms with Crippen molar-refractivity contribution in [3.05, 3.63) is 65.6 Å². The highest BCUT2D eigenvalue weighted by Crippen LogP contribution is 2.36.